The summed E-state index contributed by atoms with van der Waals surface area (Å²) in [6.45, 7) is 0.560. The van der Waals surface area contributed by atoms with E-state index in [2.05, 4.69) is 21.2 Å². The van der Waals surface area contributed by atoms with Gasteiger partial charge < -0.3 is 10.4 Å². The maximum Gasteiger partial charge on any atom is 0.266 e. The molecule has 1 aliphatic heterocycles. The average molecular weight is 463 g/mol. The summed E-state index contributed by atoms with van der Waals surface area (Å²) < 4.78 is 1.25. The molecular weight excluding hydrogens is 448 g/mol. The van der Waals surface area contributed by atoms with Crippen LogP contribution in [0.4, 0.5) is 0 Å². The number of hydrogen-bond donors (Lipinski definition) is 2. The van der Waals surface area contributed by atoms with Crippen LogP contribution in [0.1, 0.15) is 15.9 Å². The zero-order valence-corrected chi connectivity index (χ0v) is 17.2. The molecule has 0 aromatic heterocycles. The highest BCUT2D eigenvalue weighted by Crippen LogP contribution is 2.33. The molecule has 2 amide bonds. The van der Waals surface area contributed by atoms with E-state index in [4.69, 9.17) is 12.2 Å². The Kier molecular flexibility index (Phi) is 6.30. The SMILES string of the molecule is O=C(NCCN1C(=O)/C(=C/c2ccccc2O)SC1=S)c1cccc(Br)c1. The first-order valence-corrected chi connectivity index (χ1v) is 10.0. The van der Waals surface area contributed by atoms with Gasteiger partial charge in [-0.1, -0.05) is 64.2 Å². The third-order valence-corrected chi connectivity index (χ3v) is 5.68. The number of nitrogens with zero attached hydrogens (tertiary/aromatic N) is 1. The fourth-order valence-electron chi connectivity index (χ4n) is 2.46. The molecule has 8 heteroatoms. The summed E-state index contributed by atoms with van der Waals surface area (Å²) in [6.07, 6.45) is 1.62. The molecule has 27 heavy (non-hydrogen) atoms. The second kappa shape index (κ2) is 8.69. The first-order chi connectivity index (χ1) is 13.0. The molecular formula is C19H15BrN2O3S2. The number of phenolic OH excluding ortho intramolecular Hbond substituents is 1. The monoisotopic (exact) mass is 462 g/mol. The minimum Gasteiger partial charge on any atom is -0.507 e. The van der Waals surface area contributed by atoms with Gasteiger partial charge in [0.15, 0.2) is 0 Å². The molecule has 138 valence electrons. The van der Waals surface area contributed by atoms with Gasteiger partial charge in [-0.3, -0.25) is 14.5 Å². The minimum atomic E-state index is -0.232. The van der Waals surface area contributed by atoms with Crippen molar-refractivity contribution in [1.29, 1.82) is 0 Å². The molecule has 1 aliphatic rings. The van der Waals surface area contributed by atoms with Crippen LogP contribution >= 0.6 is 39.9 Å². The molecule has 5 nitrogen and oxygen atoms in total. The molecule has 2 N–H and O–H groups in total. The van der Waals surface area contributed by atoms with Crippen molar-refractivity contribution >= 4 is 62.1 Å². The Balaban J connectivity index is 1.61. The fraction of sp³-hybridized carbons (Fsp3) is 0.105. The quantitative estimate of drug-likeness (QED) is 0.522. The van der Waals surface area contributed by atoms with E-state index in [1.807, 2.05) is 6.07 Å². The van der Waals surface area contributed by atoms with Gasteiger partial charge in [0.2, 0.25) is 0 Å². The molecule has 3 rings (SSSR count). The van der Waals surface area contributed by atoms with Crippen LogP contribution in [0.5, 0.6) is 5.75 Å². The van der Waals surface area contributed by atoms with Crippen LogP contribution in [0.25, 0.3) is 6.08 Å². The number of aromatic hydroxyl groups is 1. The maximum atomic E-state index is 12.6. The lowest BCUT2D eigenvalue weighted by molar-refractivity contribution is -0.122. The summed E-state index contributed by atoms with van der Waals surface area (Å²) >= 11 is 9.79. The molecule has 1 heterocycles. The first-order valence-electron chi connectivity index (χ1n) is 8.03. The van der Waals surface area contributed by atoms with Gasteiger partial charge >= 0.3 is 0 Å². The van der Waals surface area contributed by atoms with Crippen molar-refractivity contribution in [2.24, 2.45) is 0 Å². The van der Waals surface area contributed by atoms with E-state index in [0.717, 1.165) is 4.47 Å². The second-order valence-electron chi connectivity index (χ2n) is 5.66. The van der Waals surface area contributed by atoms with Crippen molar-refractivity contribution in [2.75, 3.05) is 13.1 Å². The number of thiocarbonyl (C=S) groups is 1. The van der Waals surface area contributed by atoms with Crippen LogP contribution < -0.4 is 5.32 Å². The molecule has 2 aromatic rings. The highest BCUT2D eigenvalue weighted by atomic mass is 79.9. The van der Waals surface area contributed by atoms with Crippen molar-refractivity contribution < 1.29 is 14.7 Å². The van der Waals surface area contributed by atoms with Gasteiger partial charge in [-0.2, -0.15) is 0 Å². The number of phenols is 1. The Morgan fingerprint density at radius 2 is 2.04 bits per heavy atom. The number of halogens is 1. The van der Waals surface area contributed by atoms with Gasteiger partial charge in [-0.15, -0.1) is 0 Å². The number of para-hydroxylation sites is 1. The molecule has 0 unspecified atom stereocenters. The van der Waals surface area contributed by atoms with Gasteiger partial charge in [-0.05, 0) is 30.3 Å². The highest BCUT2D eigenvalue weighted by Gasteiger charge is 2.31. The molecule has 0 aliphatic carbocycles. The third kappa shape index (κ3) is 4.77. The van der Waals surface area contributed by atoms with Gasteiger partial charge in [0.1, 0.15) is 10.1 Å². The fourth-order valence-corrected chi connectivity index (χ4v) is 4.16. The Morgan fingerprint density at radius 1 is 1.26 bits per heavy atom. The molecule has 0 bridgehead atoms. The van der Waals surface area contributed by atoms with Crippen LogP contribution in [0.3, 0.4) is 0 Å². The summed E-state index contributed by atoms with van der Waals surface area (Å²) in [4.78, 5) is 26.6. The number of thioether (sulfide) groups is 1. The Hall–Kier alpha value is -2.16. The van der Waals surface area contributed by atoms with E-state index in [1.54, 1.807) is 48.5 Å². The Morgan fingerprint density at radius 3 is 2.78 bits per heavy atom. The molecule has 0 radical (unpaired) electrons. The zero-order chi connectivity index (χ0) is 19.4. The summed E-state index contributed by atoms with van der Waals surface area (Å²) in [5, 5.41) is 12.6. The van der Waals surface area contributed by atoms with Crippen molar-refractivity contribution in [3.8, 4) is 5.75 Å². The minimum absolute atomic E-state index is 0.101. The van der Waals surface area contributed by atoms with Crippen molar-refractivity contribution in [3.63, 3.8) is 0 Å². The summed E-state index contributed by atoms with van der Waals surface area (Å²) in [5.74, 6) is -0.347. The molecule has 0 saturated carbocycles. The normalized spacial score (nSPS) is 15.4. The topological polar surface area (TPSA) is 69.6 Å². The van der Waals surface area contributed by atoms with Crippen molar-refractivity contribution in [2.45, 2.75) is 0 Å². The largest absolute Gasteiger partial charge is 0.507 e. The molecule has 2 aromatic carbocycles. The average Bonchev–Trinajstić information content (AvgIpc) is 2.91. The Bertz CT molecular complexity index is 946. The maximum absolute atomic E-state index is 12.6. The van der Waals surface area contributed by atoms with Crippen LogP contribution in [0, 0.1) is 0 Å². The van der Waals surface area contributed by atoms with E-state index < -0.39 is 0 Å². The van der Waals surface area contributed by atoms with Crippen LogP contribution in [-0.4, -0.2) is 39.2 Å². The number of benzene rings is 2. The smallest absolute Gasteiger partial charge is 0.266 e. The van der Waals surface area contributed by atoms with E-state index in [-0.39, 0.29) is 30.7 Å². The predicted molar refractivity (Wildman–Crippen MR) is 114 cm³/mol. The third-order valence-electron chi connectivity index (χ3n) is 3.80. The lowest BCUT2D eigenvalue weighted by Gasteiger charge is -2.14. The summed E-state index contributed by atoms with van der Waals surface area (Å²) in [6, 6.07) is 13.8. The summed E-state index contributed by atoms with van der Waals surface area (Å²) in [5.41, 5.74) is 1.09. The molecule has 0 atom stereocenters. The number of amides is 2. The zero-order valence-electron chi connectivity index (χ0n) is 14.0. The van der Waals surface area contributed by atoms with Crippen LogP contribution in [-0.2, 0) is 4.79 Å². The molecule has 1 fully saturated rings. The second-order valence-corrected chi connectivity index (χ2v) is 8.25. The van der Waals surface area contributed by atoms with Crippen LogP contribution in [0.15, 0.2) is 57.9 Å². The number of nitrogens with one attached hydrogen (secondary N) is 1. The number of rotatable bonds is 5. The van der Waals surface area contributed by atoms with Gasteiger partial charge in [0.25, 0.3) is 11.8 Å². The lowest BCUT2D eigenvalue weighted by Crippen LogP contribution is -2.37. The van der Waals surface area contributed by atoms with E-state index >= 15 is 0 Å². The first kappa shape index (κ1) is 19.6. The predicted octanol–water partition coefficient (Wildman–Crippen LogP) is 3.79. The molecule has 0 spiro atoms. The van der Waals surface area contributed by atoms with Gasteiger partial charge in [0.05, 0.1) is 4.91 Å². The highest BCUT2D eigenvalue weighted by molar-refractivity contribution is 9.10. The van der Waals surface area contributed by atoms with Crippen molar-refractivity contribution in [3.05, 3.63) is 69.0 Å². The Labute approximate surface area is 174 Å². The van der Waals surface area contributed by atoms with Crippen molar-refractivity contribution in [1.82, 2.24) is 10.2 Å². The van der Waals surface area contributed by atoms with Gasteiger partial charge in [-0.25, -0.2) is 0 Å². The number of hydrogen-bond acceptors (Lipinski definition) is 5. The molecule has 1 saturated heterocycles. The lowest BCUT2D eigenvalue weighted by atomic mass is 10.2. The standard InChI is InChI=1S/C19H15BrN2O3S2/c20-14-6-3-5-13(10-14)17(24)21-8-9-22-18(25)16(27-19(22)26)11-12-4-1-2-7-15(12)23/h1-7,10-11,23H,8-9H2,(H,21,24)/b16-11-. The van der Waals surface area contributed by atoms with Gasteiger partial charge in [0, 0.05) is 28.7 Å². The number of carbonyl (C=O) groups is 2. The van der Waals surface area contributed by atoms with E-state index in [0.29, 0.717) is 20.4 Å². The van der Waals surface area contributed by atoms with Crippen LogP contribution in [0.2, 0.25) is 0 Å². The number of carbonyl (C=O) groups excluding carboxylic acids is 2. The van der Waals surface area contributed by atoms with E-state index in [9.17, 15) is 14.7 Å². The van der Waals surface area contributed by atoms with E-state index in [1.165, 1.54) is 16.7 Å². The summed E-state index contributed by atoms with van der Waals surface area (Å²) in [7, 11) is 0.